The average molecular weight is 291 g/mol. The summed E-state index contributed by atoms with van der Waals surface area (Å²) in [6.07, 6.45) is 0. The Balaban J connectivity index is 2.36. The van der Waals surface area contributed by atoms with Gasteiger partial charge in [-0.2, -0.15) is 0 Å². The maximum absolute atomic E-state index is 13.1. The fourth-order valence-corrected chi connectivity index (χ4v) is 1.47. The van der Waals surface area contributed by atoms with E-state index in [0.29, 0.717) is 22.6 Å². The summed E-state index contributed by atoms with van der Waals surface area (Å²) >= 11 is 1.95. The van der Waals surface area contributed by atoms with E-state index in [1.165, 1.54) is 6.07 Å². The highest BCUT2D eigenvalue weighted by Gasteiger charge is 2.11. The van der Waals surface area contributed by atoms with E-state index in [4.69, 9.17) is 4.74 Å². The highest BCUT2D eigenvalue weighted by molar-refractivity contribution is 14.1. The molecule has 0 saturated carbocycles. The van der Waals surface area contributed by atoms with Gasteiger partial charge in [0.25, 0.3) is 0 Å². The predicted molar refractivity (Wildman–Crippen MR) is 56.5 cm³/mol. The van der Waals surface area contributed by atoms with Gasteiger partial charge in [-0.1, -0.05) is 0 Å². The number of ether oxygens (including phenoxy) is 1. The minimum Gasteiger partial charge on any atom is -0.476 e. The molecule has 0 bridgehead atoms. The van der Waals surface area contributed by atoms with E-state index >= 15 is 0 Å². The molecule has 68 valence electrons. The third-order valence-corrected chi connectivity index (χ3v) is 2.63. The van der Waals surface area contributed by atoms with Crippen LogP contribution in [0.15, 0.2) is 23.2 Å². The summed E-state index contributed by atoms with van der Waals surface area (Å²) in [5.74, 6) is 0.326. The van der Waals surface area contributed by atoms with Crippen molar-refractivity contribution in [3.63, 3.8) is 0 Å². The van der Waals surface area contributed by atoms with Crippen LogP contribution in [0.1, 0.15) is 5.56 Å². The highest BCUT2D eigenvalue weighted by atomic mass is 127. The van der Waals surface area contributed by atoms with E-state index in [1.54, 1.807) is 6.07 Å². The van der Waals surface area contributed by atoms with Crippen molar-refractivity contribution >= 4 is 28.5 Å². The summed E-state index contributed by atoms with van der Waals surface area (Å²) in [5.41, 5.74) is 0.718. The molecule has 0 saturated heterocycles. The van der Waals surface area contributed by atoms with Crippen molar-refractivity contribution in [2.75, 3.05) is 13.2 Å². The van der Waals surface area contributed by atoms with Gasteiger partial charge < -0.3 is 4.74 Å². The van der Waals surface area contributed by atoms with E-state index in [2.05, 4.69) is 4.99 Å². The molecular weight excluding hydrogens is 284 g/mol. The Morgan fingerprint density at radius 1 is 1.46 bits per heavy atom. The van der Waals surface area contributed by atoms with E-state index in [9.17, 15) is 4.39 Å². The third-order valence-electron chi connectivity index (χ3n) is 1.75. The average Bonchev–Trinajstić information content (AvgIpc) is 2.62. The van der Waals surface area contributed by atoms with Crippen LogP contribution >= 0.6 is 22.6 Å². The van der Waals surface area contributed by atoms with Crippen LogP contribution < -0.4 is 0 Å². The van der Waals surface area contributed by atoms with Gasteiger partial charge in [0.2, 0.25) is 5.90 Å². The van der Waals surface area contributed by atoms with Crippen molar-refractivity contribution in [2.45, 2.75) is 0 Å². The standard InChI is InChI=1S/C9H7FINO/c10-7-5-6(1-2-8(7)11)9-12-3-4-13-9/h1-2,5H,3-4H2. The van der Waals surface area contributed by atoms with Crippen LogP contribution in [0.2, 0.25) is 0 Å². The molecule has 0 N–H and O–H groups in total. The van der Waals surface area contributed by atoms with Crippen LogP contribution in [0.4, 0.5) is 4.39 Å². The summed E-state index contributed by atoms with van der Waals surface area (Å²) in [5, 5.41) is 0. The molecule has 0 unspecified atom stereocenters. The minimum atomic E-state index is -0.226. The quantitative estimate of drug-likeness (QED) is 0.727. The Bertz CT molecular complexity index is 365. The second kappa shape index (κ2) is 3.61. The number of hydrogen-bond donors (Lipinski definition) is 0. The van der Waals surface area contributed by atoms with Crippen LogP contribution in [0, 0.1) is 9.39 Å². The molecule has 4 heteroatoms. The number of nitrogens with zero attached hydrogens (tertiary/aromatic N) is 1. The van der Waals surface area contributed by atoms with Gasteiger partial charge >= 0.3 is 0 Å². The summed E-state index contributed by atoms with van der Waals surface area (Å²) < 4.78 is 18.9. The number of rotatable bonds is 1. The first kappa shape index (κ1) is 8.93. The lowest BCUT2D eigenvalue weighted by molar-refractivity contribution is 0.348. The van der Waals surface area contributed by atoms with Crippen molar-refractivity contribution in [1.29, 1.82) is 0 Å². The molecule has 2 nitrogen and oxygen atoms in total. The zero-order chi connectivity index (χ0) is 9.26. The Morgan fingerprint density at radius 3 is 2.92 bits per heavy atom. The molecular formula is C9H7FINO. The number of hydrogen-bond acceptors (Lipinski definition) is 2. The lowest BCUT2D eigenvalue weighted by atomic mass is 10.2. The molecule has 0 spiro atoms. The molecule has 1 aromatic carbocycles. The number of halogens is 2. The summed E-state index contributed by atoms with van der Waals surface area (Å²) in [7, 11) is 0. The Morgan fingerprint density at radius 2 is 2.31 bits per heavy atom. The highest BCUT2D eigenvalue weighted by Crippen LogP contribution is 2.15. The molecule has 1 aliphatic heterocycles. The lowest BCUT2D eigenvalue weighted by Crippen LogP contribution is -2.01. The van der Waals surface area contributed by atoms with Crippen LogP contribution in [0.25, 0.3) is 0 Å². The fraction of sp³-hybridized carbons (Fsp3) is 0.222. The predicted octanol–water partition coefficient (Wildman–Crippen LogP) is 2.21. The Hall–Kier alpha value is -0.650. The van der Waals surface area contributed by atoms with Crippen molar-refractivity contribution in [3.8, 4) is 0 Å². The molecule has 0 aromatic heterocycles. The van der Waals surface area contributed by atoms with E-state index in [0.717, 1.165) is 5.56 Å². The minimum absolute atomic E-state index is 0.226. The van der Waals surface area contributed by atoms with Gasteiger partial charge in [-0.05, 0) is 40.8 Å². The smallest absolute Gasteiger partial charge is 0.216 e. The molecule has 0 aliphatic carbocycles. The van der Waals surface area contributed by atoms with Crippen LogP contribution in [0.3, 0.4) is 0 Å². The van der Waals surface area contributed by atoms with Gasteiger partial charge in [-0.25, -0.2) is 9.38 Å². The molecule has 1 heterocycles. The lowest BCUT2D eigenvalue weighted by Gasteiger charge is -2.01. The molecule has 0 radical (unpaired) electrons. The van der Waals surface area contributed by atoms with Gasteiger partial charge in [-0.3, -0.25) is 0 Å². The molecule has 0 fully saturated rings. The van der Waals surface area contributed by atoms with Crippen molar-refractivity contribution in [2.24, 2.45) is 4.99 Å². The first-order valence-corrected chi connectivity index (χ1v) is 4.98. The van der Waals surface area contributed by atoms with Gasteiger partial charge in [0.05, 0.1) is 6.54 Å². The number of aliphatic imine (C=N–C) groups is 1. The van der Waals surface area contributed by atoms with Crippen LogP contribution in [-0.4, -0.2) is 19.0 Å². The van der Waals surface area contributed by atoms with Gasteiger partial charge in [0, 0.05) is 9.13 Å². The van der Waals surface area contributed by atoms with Crippen molar-refractivity contribution < 1.29 is 9.13 Å². The van der Waals surface area contributed by atoms with Crippen LogP contribution in [0.5, 0.6) is 0 Å². The normalized spacial score (nSPS) is 15.4. The molecule has 1 aromatic rings. The van der Waals surface area contributed by atoms with Crippen LogP contribution in [-0.2, 0) is 4.74 Å². The van der Waals surface area contributed by atoms with Gasteiger partial charge in [0.15, 0.2) is 0 Å². The second-order valence-corrected chi connectivity index (χ2v) is 3.83. The zero-order valence-electron chi connectivity index (χ0n) is 6.76. The third kappa shape index (κ3) is 1.82. The van der Waals surface area contributed by atoms with Gasteiger partial charge in [0.1, 0.15) is 12.4 Å². The molecule has 0 atom stereocenters. The van der Waals surface area contributed by atoms with E-state index in [-0.39, 0.29) is 5.82 Å². The molecule has 13 heavy (non-hydrogen) atoms. The fourth-order valence-electron chi connectivity index (χ4n) is 1.14. The SMILES string of the molecule is Fc1cc(C2=NCCO2)ccc1I. The largest absolute Gasteiger partial charge is 0.476 e. The zero-order valence-corrected chi connectivity index (χ0v) is 8.92. The summed E-state index contributed by atoms with van der Waals surface area (Å²) in [6, 6.07) is 4.98. The summed E-state index contributed by atoms with van der Waals surface area (Å²) in [4.78, 5) is 4.10. The molecule has 0 amide bonds. The maximum Gasteiger partial charge on any atom is 0.216 e. The Labute approximate surface area is 89.0 Å². The second-order valence-electron chi connectivity index (χ2n) is 2.66. The monoisotopic (exact) mass is 291 g/mol. The van der Waals surface area contributed by atoms with E-state index in [1.807, 2.05) is 28.7 Å². The first-order chi connectivity index (χ1) is 6.27. The Kier molecular flexibility index (Phi) is 2.48. The topological polar surface area (TPSA) is 21.6 Å². The van der Waals surface area contributed by atoms with Gasteiger partial charge in [-0.15, -0.1) is 0 Å². The first-order valence-electron chi connectivity index (χ1n) is 3.90. The summed E-state index contributed by atoms with van der Waals surface area (Å²) in [6.45, 7) is 1.27. The number of benzene rings is 1. The van der Waals surface area contributed by atoms with Crippen molar-refractivity contribution in [3.05, 3.63) is 33.1 Å². The van der Waals surface area contributed by atoms with Crippen molar-refractivity contribution in [1.82, 2.24) is 0 Å². The molecule has 2 rings (SSSR count). The van der Waals surface area contributed by atoms with E-state index < -0.39 is 0 Å². The maximum atomic E-state index is 13.1. The molecule has 1 aliphatic rings.